The summed E-state index contributed by atoms with van der Waals surface area (Å²) in [5.41, 5.74) is -0.811. The molecule has 0 heterocycles. The molecule has 0 aliphatic heterocycles. The second kappa shape index (κ2) is 6.70. The normalized spacial score (nSPS) is 10.4. The van der Waals surface area contributed by atoms with Gasteiger partial charge in [-0.2, -0.15) is 0 Å². The summed E-state index contributed by atoms with van der Waals surface area (Å²) in [6, 6.07) is 2.04. The van der Waals surface area contributed by atoms with Crippen LogP contribution in [0.2, 0.25) is 0 Å². The van der Waals surface area contributed by atoms with Crippen molar-refractivity contribution >= 4 is 23.5 Å². The maximum atomic E-state index is 13.2. The predicted molar refractivity (Wildman–Crippen MR) is 62.2 cm³/mol. The molecule has 0 aromatic heterocycles. The van der Waals surface area contributed by atoms with Gasteiger partial charge in [0, 0.05) is 12.1 Å². The molecule has 0 spiro atoms. The quantitative estimate of drug-likeness (QED) is 0.830. The van der Waals surface area contributed by atoms with Crippen LogP contribution in [0.1, 0.15) is 10.4 Å². The highest BCUT2D eigenvalue weighted by Gasteiger charge is 2.18. The van der Waals surface area contributed by atoms with Gasteiger partial charge in [0.25, 0.3) is 5.91 Å². The maximum Gasteiger partial charge on any atom is 0.325 e. The molecule has 1 rings (SSSR count). The van der Waals surface area contributed by atoms with Crippen LogP contribution in [0.3, 0.4) is 0 Å². The lowest BCUT2D eigenvalue weighted by atomic mass is 10.2. The van der Waals surface area contributed by atoms with E-state index in [1.54, 1.807) is 5.32 Å². The average molecular weight is 275 g/mol. The van der Waals surface area contributed by atoms with Gasteiger partial charge in [-0.1, -0.05) is 12.1 Å². The van der Waals surface area contributed by atoms with Crippen molar-refractivity contribution in [3.8, 4) is 0 Å². The van der Waals surface area contributed by atoms with Crippen LogP contribution in [0, 0.1) is 11.6 Å². The number of nitrogens with one attached hydrogen (secondary N) is 2. The van der Waals surface area contributed by atoms with Crippen molar-refractivity contribution in [1.82, 2.24) is 10.6 Å². The fourth-order valence-corrected chi connectivity index (χ4v) is 1.18. The second-order valence-electron chi connectivity index (χ2n) is 3.08. The first-order valence-corrected chi connectivity index (χ1v) is 5.36. The number of allylic oxidation sites excluding steroid dienone is 1. The molecule has 0 aliphatic carbocycles. The zero-order chi connectivity index (χ0) is 13.5. The van der Waals surface area contributed by atoms with E-state index in [1.165, 1.54) is 12.3 Å². The van der Waals surface area contributed by atoms with Crippen LogP contribution in [0.4, 0.5) is 13.6 Å². The molecule has 2 N–H and O–H groups in total. The molecule has 18 heavy (non-hydrogen) atoms. The average Bonchev–Trinajstić information content (AvgIpc) is 2.29. The van der Waals surface area contributed by atoms with Crippen LogP contribution < -0.4 is 10.6 Å². The van der Waals surface area contributed by atoms with Crippen molar-refractivity contribution in [2.24, 2.45) is 0 Å². The summed E-state index contributed by atoms with van der Waals surface area (Å²) in [5.74, 6) is -3.08. The molecular weight excluding hydrogens is 266 g/mol. The van der Waals surface area contributed by atoms with Gasteiger partial charge in [0.05, 0.1) is 0 Å². The van der Waals surface area contributed by atoms with E-state index in [4.69, 9.17) is 11.6 Å². The molecule has 0 bridgehead atoms. The van der Waals surface area contributed by atoms with E-state index in [1.807, 2.05) is 0 Å². The number of carbonyl (C=O) groups excluding carboxylic acids is 2. The van der Waals surface area contributed by atoms with Gasteiger partial charge in [-0.3, -0.25) is 10.1 Å². The summed E-state index contributed by atoms with van der Waals surface area (Å²) >= 11 is 5.30. The number of hydrogen-bond acceptors (Lipinski definition) is 2. The molecular formula is C11H9ClF2N2O2. The van der Waals surface area contributed by atoms with Crippen molar-refractivity contribution in [3.63, 3.8) is 0 Å². The lowest BCUT2D eigenvalue weighted by Crippen LogP contribution is -2.37. The first kappa shape index (κ1) is 14.1. The van der Waals surface area contributed by atoms with Gasteiger partial charge in [-0.05, 0) is 12.1 Å². The molecule has 0 radical (unpaired) electrons. The van der Waals surface area contributed by atoms with Gasteiger partial charge >= 0.3 is 6.03 Å². The van der Waals surface area contributed by atoms with E-state index in [0.29, 0.717) is 0 Å². The molecule has 0 aliphatic rings. The predicted octanol–water partition coefficient (Wildman–Crippen LogP) is 2.16. The number of halogens is 3. The van der Waals surface area contributed by atoms with E-state index >= 15 is 0 Å². The smallest absolute Gasteiger partial charge is 0.315 e. The fraction of sp³-hybridized carbons (Fsp3) is 0.0909. The van der Waals surface area contributed by atoms with Gasteiger partial charge in [0.15, 0.2) is 0 Å². The Balaban J connectivity index is 2.71. The largest absolute Gasteiger partial charge is 0.325 e. The zero-order valence-electron chi connectivity index (χ0n) is 9.04. The van der Waals surface area contributed by atoms with Crippen molar-refractivity contribution in [3.05, 3.63) is 47.7 Å². The Hall–Kier alpha value is -1.95. The topological polar surface area (TPSA) is 58.2 Å². The molecule has 96 valence electrons. The number of urea groups is 1. The molecule has 7 heteroatoms. The van der Waals surface area contributed by atoms with Crippen LogP contribution in [-0.4, -0.2) is 17.8 Å². The standard InChI is InChI=1S/C11H9ClF2N2O2/c12-5-2-6-15-11(18)16-10(17)9-7(13)3-1-4-8(9)14/h1-4,6H,5H2,(H2,15,16,17,18)/b6-2+. The van der Waals surface area contributed by atoms with Crippen molar-refractivity contribution in [2.75, 3.05) is 5.88 Å². The van der Waals surface area contributed by atoms with Gasteiger partial charge in [-0.25, -0.2) is 13.6 Å². The molecule has 0 saturated heterocycles. The van der Waals surface area contributed by atoms with E-state index in [9.17, 15) is 18.4 Å². The molecule has 0 atom stereocenters. The summed E-state index contributed by atoms with van der Waals surface area (Å²) in [6.45, 7) is 0. The Morgan fingerprint density at radius 1 is 1.28 bits per heavy atom. The fourth-order valence-electron chi connectivity index (χ4n) is 1.10. The van der Waals surface area contributed by atoms with Crippen molar-refractivity contribution in [1.29, 1.82) is 0 Å². The Kier molecular flexibility index (Phi) is 5.26. The first-order valence-electron chi connectivity index (χ1n) is 4.83. The van der Waals surface area contributed by atoms with Gasteiger partial charge in [-0.15, -0.1) is 11.6 Å². The van der Waals surface area contributed by atoms with Crippen molar-refractivity contribution in [2.45, 2.75) is 0 Å². The first-order chi connectivity index (χ1) is 8.56. The number of benzene rings is 1. The van der Waals surface area contributed by atoms with Crippen molar-refractivity contribution < 1.29 is 18.4 Å². The molecule has 0 saturated carbocycles. The minimum absolute atomic E-state index is 0.177. The van der Waals surface area contributed by atoms with E-state index in [2.05, 4.69) is 5.32 Å². The lowest BCUT2D eigenvalue weighted by Gasteiger charge is -2.05. The SMILES string of the molecule is O=C(N/C=C/CCl)NC(=O)c1c(F)cccc1F. The highest BCUT2D eigenvalue weighted by molar-refractivity contribution is 6.18. The highest BCUT2D eigenvalue weighted by Crippen LogP contribution is 2.11. The Morgan fingerprint density at radius 3 is 2.44 bits per heavy atom. The van der Waals surface area contributed by atoms with Gasteiger partial charge in [0.2, 0.25) is 0 Å². The molecule has 1 aromatic rings. The van der Waals surface area contributed by atoms with E-state index < -0.39 is 29.1 Å². The van der Waals surface area contributed by atoms with Crippen LogP contribution in [-0.2, 0) is 0 Å². The van der Waals surface area contributed by atoms with E-state index in [0.717, 1.165) is 18.2 Å². The number of imide groups is 1. The molecule has 4 nitrogen and oxygen atoms in total. The Morgan fingerprint density at radius 2 is 1.89 bits per heavy atom. The molecule has 3 amide bonds. The van der Waals surface area contributed by atoms with Crippen LogP contribution in [0.25, 0.3) is 0 Å². The highest BCUT2D eigenvalue weighted by atomic mass is 35.5. The van der Waals surface area contributed by atoms with Gasteiger partial charge in [0.1, 0.15) is 17.2 Å². The Labute approximate surface area is 107 Å². The third-order valence-corrected chi connectivity index (χ3v) is 2.02. The minimum Gasteiger partial charge on any atom is -0.315 e. The number of amides is 3. The minimum atomic E-state index is -1.16. The zero-order valence-corrected chi connectivity index (χ0v) is 9.80. The third-order valence-electron chi connectivity index (χ3n) is 1.84. The molecule has 0 unspecified atom stereocenters. The third kappa shape index (κ3) is 3.81. The molecule has 0 fully saturated rings. The van der Waals surface area contributed by atoms with Crippen LogP contribution in [0.15, 0.2) is 30.5 Å². The summed E-state index contributed by atoms with van der Waals surface area (Å²) < 4.78 is 26.4. The van der Waals surface area contributed by atoms with E-state index in [-0.39, 0.29) is 5.88 Å². The summed E-state index contributed by atoms with van der Waals surface area (Å²) in [6.07, 6.45) is 2.61. The van der Waals surface area contributed by atoms with Crippen LogP contribution in [0.5, 0.6) is 0 Å². The summed E-state index contributed by atoms with van der Waals surface area (Å²) in [7, 11) is 0. The monoisotopic (exact) mass is 274 g/mol. The Bertz CT molecular complexity index is 472. The number of hydrogen-bond donors (Lipinski definition) is 2. The second-order valence-corrected chi connectivity index (χ2v) is 3.39. The number of alkyl halides is 1. The lowest BCUT2D eigenvalue weighted by molar-refractivity contribution is 0.0956. The number of carbonyl (C=O) groups is 2. The number of rotatable bonds is 3. The summed E-state index contributed by atoms with van der Waals surface area (Å²) in [4.78, 5) is 22.6. The summed E-state index contributed by atoms with van der Waals surface area (Å²) in [5, 5.41) is 3.92. The van der Waals surface area contributed by atoms with Gasteiger partial charge < -0.3 is 5.32 Å². The maximum absolute atomic E-state index is 13.2. The van der Waals surface area contributed by atoms with Crippen LogP contribution >= 0.6 is 11.6 Å². The molecule has 1 aromatic carbocycles.